The number of carbonyl (C=O) groups is 3. The van der Waals surface area contributed by atoms with Crippen LogP contribution < -0.4 is 15.3 Å². The third-order valence-corrected chi connectivity index (χ3v) is 19.7. The number of hydrogen-bond acceptors (Lipinski definition) is 13. The number of halogens is 23. The quantitative estimate of drug-likeness (QED) is 0.0310. The highest BCUT2D eigenvalue weighted by Crippen LogP contribution is 2.41. The lowest BCUT2D eigenvalue weighted by Gasteiger charge is -2.23. The Morgan fingerprint density at radius 3 is 1.03 bits per heavy atom. The third-order valence-electron chi connectivity index (χ3n) is 13.0. The van der Waals surface area contributed by atoms with Gasteiger partial charge in [0.2, 0.25) is 11.7 Å². The van der Waals surface area contributed by atoms with Crippen LogP contribution in [-0.4, -0.2) is 94.8 Å². The Balaban J connectivity index is 0.000000304. The van der Waals surface area contributed by atoms with Crippen LogP contribution in [0, 0.1) is 84.9 Å². The molecule has 3 fully saturated rings. The van der Waals surface area contributed by atoms with Crippen LogP contribution in [0.3, 0.4) is 0 Å². The van der Waals surface area contributed by atoms with Gasteiger partial charge in [0, 0.05) is 71.8 Å². The van der Waals surface area contributed by atoms with Crippen LogP contribution in [0.15, 0.2) is 54.6 Å². The summed E-state index contributed by atoms with van der Waals surface area (Å²) in [7, 11) is 0. The van der Waals surface area contributed by atoms with Gasteiger partial charge in [-0.25, -0.2) is 31.5 Å². The molecule has 0 atom stereocenters. The average molecular weight is 2360 g/mol. The Kier molecular flexibility index (Phi) is 39.6. The van der Waals surface area contributed by atoms with Gasteiger partial charge in [-0.05, 0) is 333 Å². The van der Waals surface area contributed by atoms with Crippen LogP contribution >= 0.6 is 203 Å². The van der Waals surface area contributed by atoms with E-state index in [-0.39, 0.29) is 54.3 Å². The Hall–Kier alpha value is -0.820. The number of alkyl halides is 9. The molecule has 36 heteroatoms. The Morgan fingerprint density at radius 2 is 0.745 bits per heavy atom. The first-order chi connectivity index (χ1) is 43.8. The third kappa shape index (κ3) is 30.4. The topological polar surface area (TPSA) is 196 Å². The van der Waals surface area contributed by atoms with E-state index in [1.807, 2.05) is 36.4 Å². The Labute approximate surface area is 652 Å². The molecule has 5 aromatic carbocycles. The van der Waals surface area contributed by atoms with Crippen molar-refractivity contribution in [1.82, 2.24) is 0 Å². The van der Waals surface area contributed by atoms with Gasteiger partial charge in [0.15, 0.2) is 23.3 Å². The SMILES string of the molecule is O=C(OCCC1CCOCC1)C(C(F)(F)F)C(F)(F)F.O=C(OCCC1CCOCC1)c1c(F)c(F)c(F)c(F)c1F.O=C(OCCC1CCOCC1)c1ccc(C(F)(F)F)cc1O.[O-]c1c(I)cc(I)cc1I.[O-]c1c(I)cc(I)cc1I.[O-]c1c(I)cc(I)cc1I. The van der Waals surface area contributed by atoms with Gasteiger partial charge in [-0.15, -0.1) is 0 Å². The predicted molar refractivity (Wildman–Crippen MR) is 383 cm³/mol. The average Bonchev–Trinajstić information content (AvgIpc) is 0.799. The van der Waals surface area contributed by atoms with Gasteiger partial charge in [0.1, 0.15) is 16.9 Å². The molecule has 5 aromatic rings. The van der Waals surface area contributed by atoms with Crippen molar-refractivity contribution >= 4 is 221 Å². The monoisotopic (exact) mass is 2360 g/mol. The maximum Gasteiger partial charge on any atom is 0.416 e. The number of phenols is 1. The molecule has 3 saturated heterocycles. The van der Waals surface area contributed by atoms with Gasteiger partial charge in [0.25, 0.3) is 0 Å². The number of rotatable bonds is 12. The lowest BCUT2D eigenvalue weighted by molar-refractivity contribution is -0.282. The number of carbonyl (C=O) groups excluding carboxylic acids is 3. The van der Waals surface area contributed by atoms with Gasteiger partial charge < -0.3 is 48.8 Å². The van der Waals surface area contributed by atoms with E-state index in [4.69, 9.17) is 18.9 Å². The highest BCUT2D eigenvalue weighted by molar-refractivity contribution is 14.1. The van der Waals surface area contributed by atoms with Crippen molar-refractivity contribution in [2.45, 2.75) is 76.3 Å². The molecule has 0 unspecified atom stereocenters. The second kappa shape index (κ2) is 42.6. The zero-order valence-electron chi connectivity index (χ0n) is 47.8. The molecule has 0 aliphatic carbocycles. The summed E-state index contributed by atoms with van der Waals surface area (Å²) in [6, 6.07) is 13.5. The molecule has 3 aliphatic rings. The summed E-state index contributed by atoms with van der Waals surface area (Å²) in [6.45, 7) is 3.08. The maximum atomic E-state index is 13.4. The van der Waals surface area contributed by atoms with Crippen molar-refractivity contribution in [3.05, 3.63) is 133 Å². The van der Waals surface area contributed by atoms with Crippen LogP contribution in [-0.2, 0) is 39.4 Å². The molecule has 94 heavy (non-hydrogen) atoms. The summed E-state index contributed by atoms with van der Waals surface area (Å²) < 4.78 is 214. The normalized spacial score (nSPS) is 14.6. The largest absolute Gasteiger partial charge is 0.871 e. The van der Waals surface area contributed by atoms with Crippen molar-refractivity contribution in [3.8, 4) is 23.0 Å². The fourth-order valence-electron chi connectivity index (χ4n) is 8.01. The van der Waals surface area contributed by atoms with Crippen LogP contribution in [0.25, 0.3) is 0 Å². The lowest BCUT2D eigenvalue weighted by atomic mass is 9.97. The van der Waals surface area contributed by atoms with E-state index in [2.05, 4.69) is 213 Å². The highest BCUT2D eigenvalue weighted by Gasteiger charge is 2.62. The van der Waals surface area contributed by atoms with E-state index in [0.29, 0.717) is 77.3 Å². The van der Waals surface area contributed by atoms with Crippen molar-refractivity contribution in [3.63, 3.8) is 0 Å². The molecule has 3 aliphatic heterocycles. The van der Waals surface area contributed by atoms with E-state index in [9.17, 15) is 96.3 Å². The Morgan fingerprint density at radius 1 is 0.457 bits per heavy atom. The first kappa shape index (κ1) is 87.4. The number of phenolic OH excluding ortho intramolecular Hbond substituents is 1. The number of hydrogen-bond donors (Lipinski definition) is 1. The van der Waals surface area contributed by atoms with Crippen LogP contribution in [0.5, 0.6) is 23.0 Å². The van der Waals surface area contributed by atoms with Crippen molar-refractivity contribution in [2.75, 3.05) is 59.5 Å². The van der Waals surface area contributed by atoms with Crippen LogP contribution in [0.4, 0.5) is 61.5 Å². The molecule has 13 nitrogen and oxygen atoms in total. The highest BCUT2D eigenvalue weighted by atomic mass is 127. The molecule has 0 amide bonds. The summed E-state index contributed by atoms with van der Waals surface area (Å²) in [5.74, 6) is -19.4. The van der Waals surface area contributed by atoms with E-state index in [1.54, 1.807) is 0 Å². The minimum Gasteiger partial charge on any atom is -0.871 e. The fraction of sp³-hybridized carbons (Fsp3) is 0.431. The van der Waals surface area contributed by atoms with E-state index < -0.39 is 94.9 Å². The fourth-order valence-corrected chi connectivity index (χ4v) is 18.8. The van der Waals surface area contributed by atoms with Crippen molar-refractivity contribution < 1.29 is 125 Å². The lowest BCUT2D eigenvalue weighted by Crippen LogP contribution is -2.43. The molecule has 3 heterocycles. The summed E-state index contributed by atoms with van der Waals surface area (Å²) >= 11 is 18.9. The predicted octanol–water partition coefficient (Wildman–Crippen LogP) is 17.5. The molecule has 0 radical (unpaired) electrons. The van der Waals surface area contributed by atoms with E-state index in [0.717, 1.165) is 69.9 Å². The van der Waals surface area contributed by atoms with Gasteiger partial charge in [-0.1, -0.05) is 17.2 Å². The second-order valence-electron chi connectivity index (χ2n) is 19.8. The van der Waals surface area contributed by atoms with Crippen molar-refractivity contribution in [1.29, 1.82) is 0 Å². The molecule has 1 N–H and O–H groups in total. The molecular weight excluding hydrogens is 2310 g/mol. The molecule has 0 aromatic heterocycles. The summed E-state index contributed by atoms with van der Waals surface area (Å²) in [5, 5.41) is 42.9. The number of benzene rings is 5. The van der Waals surface area contributed by atoms with Gasteiger partial charge in [0.05, 0.1) is 25.4 Å². The molecule has 0 saturated carbocycles. The molecule has 0 spiro atoms. The number of esters is 3. The first-order valence-corrected chi connectivity index (χ1v) is 36.7. The molecular formula is C58H50F14I9O13-3. The summed E-state index contributed by atoms with van der Waals surface area (Å²) in [4.78, 5) is 34.3. The van der Waals surface area contributed by atoms with Gasteiger partial charge in [-0.2, -0.15) is 39.5 Å². The van der Waals surface area contributed by atoms with Gasteiger partial charge >= 0.3 is 36.4 Å². The van der Waals surface area contributed by atoms with Crippen molar-refractivity contribution in [2.24, 2.45) is 23.7 Å². The molecule has 0 bridgehead atoms. The maximum absolute atomic E-state index is 13.4. The first-order valence-electron chi connectivity index (χ1n) is 27.0. The van der Waals surface area contributed by atoms with E-state index >= 15 is 0 Å². The van der Waals surface area contributed by atoms with Crippen LogP contribution in [0.1, 0.15) is 84.1 Å². The minimum absolute atomic E-state index is 0.0896. The Bertz CT molecular complexity index is 3050. The summed E-state index contributed by atoms with van der Waals surface area (Å²) in [6.07, 6.45) is -9.98. The minimum atomic E-state index is -5.70. The molecule has 524 valence electrons. The molecule has 8 rings (SSSR count). The number of aromatic hydroxyl groups is 1. The zero-order chi connectivity index (χ0) is 71.0. The van der Waals surface area contributed by atoms with Crippen LogP contribution in [0.2, 0.25) is 0 Å². The summed E-state index contributed by atoms with van der Waals surface area (Å²) in [5.41, 5.74) is -2.84. The standard InChI is InChI=1S/C15H17F3O4.C14H13F5O3.C11H14F6O3.3C6H3I3O/c16-15(17,18)11-1-2-12(13(19)9-11)14(20)22-8-5-10-3-6-21-7-4-10;15-9-8(10(16)12(18)13(19)11(9)17)14(20)22-6-3-7-1-4-21-5-2-7;12-10(13,14)8(11(15,16)17)9(18)20-6-3-7-1-4-19-5-2-7;3*7-3-1-4(8)6(10)5(9)2-3/h1-2,9-10,19H,3-8H2;7H,1-6H2;7-8H,1-6H2;3*1-2,10H/p-3. The second-order valence-corrected chi connectivity index (χ2v) is 30.5. The van der Waals surface area contributed by atoms with Gasteiger partial charge in [-0.3, -0.25) is 4.79 Å². The zero-order valence-corrected chi connectivity index (χ0v) is 67.2. The number of ether oxygens (including phenoxy) is 6. The smallest absolute Gasteiger partial charge is 0.416 e. The van der Waals surface area contributed by atoms with E-state index in [1.165, 1.54) is 0 Å².